The van der Waals surface area contributed by atoms with Gasteiger partial charge >= 0.3 is 6.09 Å². The Bertz CT molecular complexity index is 1370. The molecule has 1 fully saturated rings. The lowest BCUT2D eigenvalue weighted by atomic mass is 9.81. The molecular formula is C28H36N4O7S. The molecule has 0 saturated carbocycles. The summed E-state index contributed by atoms with van der Waals surface area (Å²) in [5, 5.41) is 21.1. The maximum absolute atomic E-state index is 13.1. The van der Waals surface area contributed by atoms with E-state index in [2.05, 4.69) is 4.72 Å². The summed E-state index contributed by atoms with van der Waals surface area (Å²) in [5.74, 6) is 0.0868. The average Bonchev–Trinajstić information content (AvgIpc) is 2.94. The van der Waals surface area contributed by atoms with Gasteiger partial charge in [-0.3, -0.25) is 14.9 Å². The highest BCUT2D eigenvalue weighted by Gasteiger charge is 2.35. The van der Waals surface area contributed by atoms with Crippen LogP contribution >= 0.6 is 0 Å². The fourth-order valence-corrected chi connectivity index (χ4v) is 7.11. The van der Waals surface area contributed by atoms with E-state index in [1.54, 1.807) is 11.0 Å². The Kier molecular flexibility index (Phi) is 9.09. The molecule has 0 unspecified atom stereocenters. The van der Waals surface area contributed by atoms with Crippen LogP contribution in [0.25, 0.3) is 0 Å². The number of anilines is 1. The van der Waals surface area contributed by atoms with Gasteiger partial charge in [-0.2, -0.15) is 0 Å². The van der Waals surface area contributed by atoms with Crippen LogP contribution in [0.3, 0.4) is 0 Å². The minimum Gasteiger partial charge on any atom is -0.465 e. The monoisotopic (exact) mass is 572 g/mol. The summed E-state index contributed by atoms with van der Waals surface area (Å²) in [7, 11) is -4.13. The van der Waals surface area contributed by atoms with Gasteiger partial charge in [0.2, 0.25) is 15.9 Å². The van der Waals surface area contributed by atoms with Gasteiger partial charge in [0.25, 0.3) is 5.69 Å². The molecule has 2 heterocycles. The van der Waals surface area contributed by atoms with Crippen molar-refractivity contribution in [3.63, 3.8) is 0 Å². The largest absolute Gasteiger partial charge is 0.465 e. The van der Waals surface area contributed by atoms with E-state index in [9.17, 15) is 28.1 Å². The number of carbonyl (C=O) groups excluding carboxylic acids is 1. The second-order valence-electron chi connectivity index (χ2n) is 10.6. The topological polar surface area (TPSA) is 150 Å². The van der Waals surface area contributed by atoms with Gasteiger partial charge in [0.05, 0.1) is 4.92 Å². The molecule has 2 atom stereocenters. The number of benzene rings is 2. The van der Waals surface area contributed by atoms with Crippen molar-refractivity contribution >= 4 is 33.4 Å². The Balaban J connectivity index is 1.49. The van der Waals surface area contributed by atoms with Crippen molar-refractivity contribution in [3.8, 4) is 0 Å². The zero-order chi connectivity index (χ0) is 29.0. The Morgan fingerprint density at radius 2 is 1.85 bits per heavy atom. The van der Waals surface area contributed by atoms with E-state index in [1.165, 1.54) is 17.0 Å². The molecule has 12 heteroatoms. The highest BCUT2D eigenvalue weighted by molar-refractivity contribution is 7.89. The Hall–Kier alpha value is -3.51. The lowest BCUT2D eigenvalue weighted by Gasteiger charge is -2.39. The van der Waals surface area contributed by atoms with Gasteiger partial charge in [-0.1, -0.05) is 31.2 Å². The molecule has 1 saturated heterocycles. The molecule has 40 heavy (non-hydrogen) atoms. The number of carboxylic acid groups (broad SMARTS) is 1. The number of para-hydroxylation sites is 1. The van der Waals surface area contributed by atoms with Gasteiger partial charge in [-0.15, -0.1) is 0 Å². The molecule has 11 nitrogen and oxygen atoms in total. The fraction of sp³-hybridized carbons (Fsp3) is 0.500. The molecule has 0 aromatic heterocycles. The van der Waals surface area contributed by atoms with Crippen molar-refractivity contribution in [3.05, 3.63) is 63.7 Å². The summed E-state index contributed by atoms with van der Waals surface area (Å²) in [5.41, 5.74) is 1.79. The van der Waals surface area contributed by atoms with Crippen LogP contribution < -0.4 is 9.62 Å². The molecule has 2 N–H and O–H groups in total. The second kappa shape index (κ2) is 12.3. The molecule has 2 amide bonds. The van der Waals surface area contributed by atoms with Crippen molar-refractivity contribution in [2.24, 2.45) is 5.92 Å². The molecule has 216 valence electrons. The predicted octanol–water partition coefficient (Wildman–Crippen LogP) is 4.71. The number of piperidine rings is 1. The van der Waals surface area contributed by atoms with Crippen LogP contribution in [-0.2, 0) is 14.8 Å². The van der Waals surface area contributed by atoms with E-state index in [1.807, 2.05) is 38.1 Å². The summed E-state index contributed by atoms with van der Waals surface area (Å²) in [4.78, 5) is 37.8. The smallest absolute Gasteiger partial charge is 0.407 e. The molecule has 0 aliphatic carbocycles. The number of nitro groups is 1. The third-order valence-corrected chi connectivity index (χ3v) is 9.51. The molecule has 2 aromatic carbocycles. The molecule has 2 aliphatic rings. The number of sulfonamides is 1. The maximum Gasteiger partial charge on any atom is 0.407 e. The first kappa shape index (κ1) is 29.5. The van der Waals surface area contributed by atoms with Crippen LogP contribution in [-0.4, -0.2) is 61.0 Å². The molecule has 2 aliphatic heterocycles. The normalized spacial score (nSPS) is 19.8. The van der Waals surface area contributed by atoms with Gasteiger partial charge in [-0.25, -0.2) is 17.9 Å². The van der Waals surface area contributed by atoms with Crippen molar-refractivity contribution < 1.29 is 28.0 Å². The summed E-state index contributed by atoms with van der Waals surface area (Å²) >= 11 is 0. The highest BCUT2D eigenvalue weighted by atomic mass is 32.2. The number of fused-ring (bicyclic) bond motifs is 1. The number of hydrogen-bond donors (Lipinski definition) is 2. The maximum atomic E-state index is 13.1. The lowest BCUT2D eigenvalue weighted by Crippen LogP contribution is -2.43. The van der Waals surface area contributed by atoms with Crippen molar-refractivity contribution in [1.29, 1.82) is 0 Å². The number of hydrogen-bond acceptors (Lipinski definition) is 6. The van der Waals surface area contributed by atoms with Crippen molar-refractivity contribution in [2.45, 2.75) is 69.2 Å². The summed E-state index contributed by atoms with van der Waals surface area (Å²) in [6.07, 6.45) is 2.75. The summed E-state index contributed by atoms with van der Waals surface area (Å²) in [6.45, 7) is 4.84. The summed E-state index contributed by atoms with van der Waals surface area (Å²) in [6, 6.07) is 11.6. The molecule has 0 spiro atoms. The van der Waals surface area contributed by atoms with E-state index in [4.69, 9.17) is 5.11 Å². The molecule has 4 rings (SSSR count). The SMILES string of the molecule is CCC(=O)N1c2ccccc2[C@@H](c2ccc(S(=O)(=O)NCCCC3CCN(C(=O)O)CC3)c([N+](=O)[O-])c2)C[C@@H]1C. The first-order chi connectivity index (χ1) is 19.0. The highest BCUT2D eigenvalue weighted by Crippen LogP contribution is 2.43. The Morgan fingerprint density at radius 1 is 1.15 bits per heavy atom. The number of likely N-dealkylation sites (tertiary alicyclic amines) is 1. The molecule has 0 bridgehead atoms. The third-order valence-electron chi connectivity index (χ3n) is 8.00. The van der Waals surface area contributed by atoms with Crippen LogP contribution in [0.5, 0.6) is 0 Å². The van der Waals surface area contributed by atoms with Gasteiger partial charge in [-0.05, 0) is 68.2 Å². The predicted molar refractivity (Wildman–Crippen MR) is 150 cm³/mol. The fourth-order valence-electron chi connectivity index (χ4n) is 5.89. The number of amides is 2. The van der Waals surface area contributed by atoms with Gasteiger partial charge in [0.15, 0.2) is 4.90 Å². The van der Waals surface area contributed by atoms with E-state index in [0.29, 0.717) is 43.8 Å². The zero-order valence-corrected chi connectivity index (χ0v) is 23.6. The molecule has 2 aromatic rings. The van der Waals surface area contributed by atoms with E-state index in [-0.39, 0.29) is 29.3 Å². The quantitative estimate of drug-likeness (QED) is 0.251. The minimum absolute atomic E-state index is 0.00242. The number of carbonyl (C=O) groups is 2. The average molecular weight is 573 g/mol. The number of nitrogens with zero attached hydrogens (tertiary/aromatic N) is 3. The van der Waals surface area contributed by atoms with Crippen LogP contribution in [0.15, 0.2) is 47.4 Å². The number of nitro benzene ring substituents is 1. The minimum atomic E-state index is -4.13. The second-order valence-corrected chi connectivity index (χ2v) is 12.3. The Morgan fingerprint density at radius 3 is 2.50 bits per heavy atom. The van der Waals surface area contributed by atoms with Gasteiger partial charge in [0, 0.05) is 49.8 Å². The van der Waals surface area contributed by atoms with Gasteiger partial charge in [0.1, 0.15) is 0 Å². The first-order valence-corrected chi connectivity index (χ1v) is 15.2. The van der Waals surface area contributed by atoms with Crippen molar-refractivity contribution in [2.75, 3.05) is 24.5 Å². The van der Waals surface area contributed by atoms with Gasteiger partial charge < -0.3 is 14.9 Å². The molecular weight excluding hydrogens is 536 g/mol. The van der Waals surface area contributed by atoms with Crippen LogP contribution in [0.1, 0.15) is 69.4 Å². The van der Waals surface area contributed by atoms with Crippen LogP contribution in [0, 0.1) is 16.0 Å². The Labute approximate surface area is 234 Å². The van der Waals surface area contributed by atoms with E-state index < -0.39 is 26.7 Å². The summed E-state index contributed by atoms with van der Waals surface area (Å²) < 4.78 is 28.7. The zero-order valence-electron chi connectivity index (χ0n) is 22.8. The van der Waals surface area contributed by atoms with E-state index in [0.717, 1.165) is 30.5 Å². The third kappa shape index (κ3) is 6.28. The lowest BCUT2D eigenvalue weighted by molar-refractivity contribution is -0.387. The van der Waals surface area contributed by atoms with E-state index >= 15 is 0 Å². The van der Waals surface area contributed by atoms with Crippen LogP contribution in [0.2, 0.25) is 0 Å². The number of nitrogens with one attached hydrogen (secondary N) is 1. The molecule has 0 radical (unpaired) electrons. The number of rotatable bonds is 9. The standard InChI is InChI=1S/C28H36N4O7S/c1-3-27(33)31-19(2)17-23(22-8-4-5-9-24(22)31)21-10-11-26(25(18-21)32(36)37)40(38,39)29-14-6-7-20-12-15-30(16-13-20)28(34)35/h4-5,8-11,18-20,23,29H,3,6-7,12-17H2,1-2H3,(H,34,35)/t19-,23+/m0/s1. The first-order valence-electron chi connectivity index (χ1n) is 13.7. The van der Waals surface area contributed by atoms with Crippen LogP contribution in [0.4, 0.5) is 16.2 Å². The van der Waals surface area contributed by atoms with Crippen molar-refractivity contribution in [1.82, 2.24) is 9.62 Å².